The minimum Gasteiger partial charge on any atom is -0.496 e. The van der Waals surface area contributed by atoms with Crippen LogP contribution >= 0.6 is 28.1 Å². The number of rotatable bonds is 8. The second-order valence-electron chi connectivity index (χ2n) is 5.18. The lowest BCUT2D eigenvalue weighted by Crippen LogP contribution is -2.31. The minimum absolute atomic E-state index is 0.388. The molecule has 0 bridgehead atoms. The largest absolute Gasteiger partial charge is 0.496 e. The number of hydrogen-bond donors (Lipinski definition) is 2. The maximum Gasteiger partial charge on any atom is 0.187 e. The fourth-order valence-corrected chi connectivity index (χ4v) is 2.45. The summed E-state index contributed by atoms with van der Waals surface area (Å²) in [5, 5.41) is 7.49. The van der Waals surface area contributed by atoms with Crippen LogP contribution in [0.3, 0.4) is 0 Å². The first kappa shape index (κ1) is 19.9. The third kappa shape index (κ3) is 6.50. The molecule has 0 saturated carbocycles. The van der Waals surface area contributed by atoms with Gasteiger partial charge in [0.1, 0.15) is 18.1 Å². The molecule has 0 amide bonds. The van der Waals surface area contributed by atoms with Crippen molar-refractivity contribution in [3.8, 4) is 11.5 Å². The molecule has 0 fully saturated rings. The molecule has 0 saturated heterocycles. The maximum atomic E-state index is 5.83. The second-order valence-corrected chi connectivity index (χ2v) is 6.51. The standard InChI is InChI=1S/C19H20BrN3O2S/c1-3-10-21-19(26)23-22-12-14-4-9-18(24-2)15(11-14)13-25-17-7-5-16(20)6-8-17/h3-9,11-12H,1,10,13H2,2H3,(H2,21,23,26)/b22-12-. The van der Waals surface area contributed by atoms with Gasteiger partial charge in [0, 0.05) is 16.6 Å². The van der Waals surface area contributed by atoms with Crippen molar-refractivity contribution in [2.45, 2.75) is 6.61 Å². The number of halogens is 1. The van der Waals surface area contributed by atoms with Gasteiger partial charge in [0.2, 0.25) is 0 Å². The number of hydrogen-bond acceptors (Lipinski definition) is 4. The zero-order valence-corrected chi connectivity index (χ0v) is 16.8. The summed E-state index contributed by atoms with van der Waals surface area (Å²) in [5.41, 5.74) is 4.58. The molecule has 2 aromatic rings. The van der Waals surface area contributed by atoms with Crippen molar-refractivity contribution in [1.82, 2.24) is 10.7 Å². The van der Waals surface area contributed by atoms with Crippen LogP contribution in [0.2, 0.25) is 0 Å². The molecule has 0 aliphatic heterocycles. The van der Waals surface area contributed by atoms with Crippen molar-refractivity contribution in [2.75, 3.05) is 13.7 Å². The molecule has 136 valence electrons. The number of methoxy groups -OCH3 is 1. The van der Waals surface area contributed by atoms with Crippen molar-refractivity contribution in [3.63, 3.8) is 0 Å². The van der Waals surface area contributed by atoms with Gasteiger partial charge in [-0.1, -0.05) is 22.0 Å². The van der Waals surface area contributed by atoms with Gasteiger partial charge in [0.05, 0.1) is 13.3 Å². The molecule has 7 heteroatoms. The maximum absolute atomic E-state index is 5.83. The van der Waals surface area contributed by atoms with Gasteiger partial charge in [-0.3, -0.25) is 5.43 Å². The Balaban J connectivity index is 2.01. The van der Waals surface area contributed by atoms with E-state index in [2.05, 4.69) is 38.4 Å². The Bertz CT molecular complexity index is 779. The van der Waals surface area contributed by atoms with Crippen LogP contribution in [0.5, 0.6) is 11.5 Å². The van der Waals surface area contributed by atoms with Crippen molar-refractivity contribution >= 4 is 39.5 Å². The van der Waals surface area contributed by atoms with Crippen LogP contribution in [-0.2, 0) is 6.61 Å². The van der Waals surface area contributed by atoms with Crippen LogP contribution < -0.4 is 20.2 Å². The van der Waals surface area contributed by atoms with E-state index in [1.807, 2.05) is 42.5 Å². The van der Waals surface area contributed by atoms with Gasteiger partial charge in [-0.15, -0.1) is 6.58 Å². The summed E-state index contributed by atoms with van der Waals surface area (Å²) in [7, 11) is 1.64. The third-order valence-electron chi connectivity index (χ3n) is 3.30. The molecule has 0 unspecified atom stereocenters. The van der Waals surface area contributed by atoms with Crippen molar-refractivity contribution in [1.29, 1.82) is 0 Å². The molecule has 0 heterocycles. The summed E-state index contributed by atoms with van der Waals surface area (Å²) in [4.78, 5) is 0. The number of hydrazone groups is 1. The Hall–Kier alpha value is -2.38. The molecule has 2 rings (SSSR count). The molecule has 0 atom stereocenters. The highest BCUT2D eigenvalue weighted by molar-refractivity contribution is 9.10. The van der Waals surface area contributed by atoms with Gasteiger partial charge in [0.15, 0.2) is 5.11 Å². The van der Waals surface area contributed by atoms with E-state index in [0.29, 0.717) is 18.3 Å². The van der Waals surface area contributed by atoms with Gasteiger partial charge < -0.3 is 14.8 Å². The van der Waals surface area contributed by atoms with Crippen LogP contribution in [0, 0.1) is 0 Å². The Morgan fingerprint density at radius 3 is 2.73 bits per heavy atom. The Morgan fingerprint density at radius 1 is 1.27 bits per heavy atom. The lowest BCUT2D eigenvalue weighted by molar-refractivity contribution is 0.296. The van der Waals surface area contributed by atoms with E-state index in [0.717, 1.165) is 27.1 Å². The lowest BCUT2D eigenvalue weighted by Gasteiger charge is -2.11. The average Bonchev–Trinajstić information content (AvgIpc) is 2.66. The van der Waals surface area contributed by atoms with Gasteiger partial charge >= 0.3 is 0 Å². The van der Waals surface area contributed by atoms with Crippen LogP contribution in [0.15, 0.2) is 64.7 Å². The monoisotopic (exact) mass is 433 g/mol. The highest BCUT2D eigenvalue weighted by Gasteiger charge is 2.05. The van der Waals surface area contributed by atoms with Gasteiger partial charge in [-0.2, -0.15) is 5.10 Å². The summed E-state index contributed by atoms with van der Waals surface area (Å²) < 4.78 is 12.2. The molecule has 0 spiro atoms. The van der Waals surface area contributed by atoms with E-state index in [-0.39, 0.29) is 0 Å². The number of ether oxygens (including phenoxy) is 2. The fourth-order valence-electron chi connectivity index (χ4n) is 2.05. The molecule has 0 aliphatic rings. The fraction of sp³-hybridized carbons (Fsp3) is 0.158. The molecule has 26 heavy (non-hydrogen) atoms. The number of thiocarbonyl (C=S) groups is 1. The summed E-state index contributed by atoms with van der Waals surface area (Å²) in [6.45, 7) is 4.59. The molecule has 0 aromatic heterocycles. The Labute approximate surface area is 167 Å². The molecular formula is C19H20BrN3O2S. The zero-order chi connectivity index (χ0) is 18.8. The van der Waals surface area contributed by atoms with Crippen LogP contribution in [0.4, 0.5) is 0 Å². The smallest absolute Gasteiger partial charge is 0.187 e. The van der Waals surface area contributed by atoms with Crippen LogP contribution in [0.25, 0.3) is 0 Å². The normalized spacial score (nSPS) is 10.4. The first-order chi connectivity index (χ1) is 12.6. The Morgan fingerprint density at radius 2 is 2.04 bits per heavy atom. The number of nitrogens with zero attached hydrogens (tertiary/aromatic N) is 1. The first-order valence-corrected chi connectivity index (χ1v) is 9.05. The summed E-state index contributed by atoms with van der Waals surface area (Å²) >= 11 is 8.49. The first-order valence-electron chi connectivity index (χ1n) is 7.85. The van der Waals surface area contributed by atoms with E-state index in [9.17, 15) is 0 Å². The van der Waals surface area contributed by atoms with E-state index >= 15 is 0 Å². The highest BCUT2D eigenvalue weighted by Crippen LogP contribution is 2.22. The topological polar surface area (TPSA) is 54.9 Å². The van der Waals surface area contributed by atoms with E-state index in [4.69, 9.17) is 21.7 Å². The molecule has 5 nitrogen and oxygen atoms in total. The van der Waals surface area contributed by atoms with E-state index in [1.165, 1.54) is 0 Å². The molecule has 2 aromatic carbocycles. The van der Waals surface area contributed by atoms with E-state index in [1.54, 1.807) is 19.4 Å². The summed E-state index contributed by atoms with van der Waals surface area (Å²) in [5.74, 6) is 1.55. The van der Waals surface area contributed by atoms with Crippen molar-refractivity contribution in [3.05, 3.63) is 70.7 Å². The van der Waals surface area contributed by atoms with Gasteiger partial charge in [-0.05, 0) is 60.2 Å². The second kappa shape index (κ2) is 10.6. The van der Waals surface area contributed by atoms with E-state index < -0.39 is 0 Å². The van der Waals surface area contributed by atoms with Crippen LogP contribution in [-0.4, -0.2) is 25.0 Å². The quantitative estimate of drug-likeness (QED) is 0.285. The minimum atomic E-state index is 0.388. The average molecular weight is 434 g/mol. The zero-order valence-electron chi connectivity index (χ0n) is 14.4. The summed E-state index contributed by atoms with van der Waals surface area (Å²) in [6, 6.07) is 13.4. The number of nitrogens with one attached hydrogen (secondary N) is 2. The molecular weight excluding hydrogens is 414 g/mol. The molecule has 2 N–H and O–H groups in total. The van der Waals surface area contributed by atoms with Crippen LogP contribution in [0.1, 0.15) is 11.1 Å². The van der Waals surface area contributed by atoms with Crippen molar-refractivity contribution in [2.24, 2.45) is 5.10 Å². The predicted octanol–water partition coefficient (Wildman–Crippen LogP) is 4.02. The number of benzene rings is 2. The molecule has 0 radical (unpaired) electrons. The highest BCUT2D eigenvalue weighted by atomic mass is 79.9. The van der Waals surface area contributed by atoms with Gasteiger partial charge in [0.25, 0.3) is 0 Å². The Kier molecular flexibility index (Phi) is 8.11. The molecule has 0 aliphatic carbocycles. The predicted molar refractivity (Wildman–Crippen MR) is 113 cm³/mol. The third-order valence-corrected chi connectivity index (χ3v) is 4.06. The van der Waals surface area contributed by atoms with Gasteiger partial charge in [-0.25, -0.2) is 0 Å². The van der Waals surface area contributed by atoms with Crippen molar-refractivity contribution < 1.29 is 9.47 Å². The summed E-state index contributed by atoms with van der Waals surface area (Å²) in [6.07, 6.45) is 3.41. The SMILES string of the molecule is C=CCNC(=S)N/N=C\c1ccc(OC)c(COc2ccc(Br)cc2)c1. The lowest BCUT2D eigenvalue weighted by atomic mass is 10.1.